The first-order valence-corrected chi connectivity index (χ1v) is 6.81. The first-order valence-electron chi connectivity index (χ1n) is 5.74. The molecule has 6 nitrogen and oxygen atoms in total. The molecule has 1 heterocycles. The number of rotatable bonds is 2. The summed E-state index contributed by atoms with van der Waals surface area (Å²) in [5.74, 6) is 0.411. The van der Waals surface area contributed by atoms with E-state index in [-0.39, 0.29) is 22.5 Å². The van der Waals surface area contributed by atoms with Crippen molar-refractivity contribution in [1.82, 2.24) is 4.98 Å². The summed E-state index contributed by atoms with van der Waals surface area (Å²) in [6.45, 7) is 0. The first kappa shape index (κ1) is 14.9. The van der Waals surface area contributed by atoms with E-state index >= 15 is 0 Å². The quantitative estimate of drug-likeness (QED) is 0.759. The smallest absolute Gasteiger partial charge is 0.268 e. The molecule has 21 heavy (non-hydrogen) atoms. The molecule has 2 aromatic rings. The van der Waals surface area contributed by atoms with Crippen molar-refractivity contribution >= 4 is 28.4 Å². The third-order valence-corrected chi connectivity index (χ3v) is 3.76. The van der Waals surface area contributed by atoms with Crippen molar-refractivity contribution in [3.8, 4) is 29.0 Å². The highest BCUT2D eigenvalue weighted by atomic mass is 127. The van der Waals surface area contributed by atoms with E-state index in [0.717, 1.165) is 3.57 Å². The van der Waals surface area contributed by atoms with Crippen molar-refractivity contribution in [2.45, 2.75) is 0 Å². The van der Waals surface area contributed by atoms with Gasteiger partial charge in [0, 0.05) is 11.1 Å². The lowest BCUT2D eigenvalue weighted by molar-refractivity contribution is 0.413. The number of pyridine rings is 1. The predicted molar refractivity (Wildman–Crippen MR) is 85.6 cm³/mol. The Morgan fingerprint density at radius 1 is 1.29 bits per heavy atom. The Morgan fingerprint density at radius 3 is 2.52 bits per heavy atom. The maximum Gasteiger partial charge on any atom is 0.268 e. The zero-order valence-electron chi connectivity index (χ0n) is 10.9. The van der Waals surface area contributed by atoms with E-state index in [1.165, 1.54) is 7.11 Å². The highest BCUT2D eigenvalue weighted by Gasteiger charge is 2.21. The highest BCUT2D eigenvalue weighted by Crippen LogP contribution is 2.37. The minimum absolute atomic E-state index is 0.0476. The largest absolute Gasteiger partial charge is 0.495 e. The van der Waals surface area contributed by atoms with Crippen LogP contribution in [0.1, 0.15) is 11.1 Å². The molecule has 0 saturated heterocycles. The number of nitrogens with one attached hydrogen (secondary N) is 1. The molecule has 0 saturated carbocycles. The molecule has 1 aromatic carbocycles. The van der Waals surface area contributed by atoms with Crippen LogP contribution in [0.25, 0.3) is 11.1 Å². The monoisotopic (exact) mass is 392 g/mol. The molecule has 2 rings (SSSR count). The van der Waals surface area contributed by atoms with E-state index in [0.29, 0.717) is 11.3 Å². The maximum absolute atomic E-state index is 11.9. The van der Waals surface area contributed by atoms with Crippen LogP contribution in [-0.4, -0.2) is 12.1 Å². The number of methoxy groups -OCH3 is 1. The number of hydrogen-bond acceptors (Lipinski definition) is 5. The fourth-order valence-corrected chi connectivity index (χ4v) is 2.74. The van der Waals surface area contributed by atoms with E-state index in [2.05, 4.69) is 27.6 Å². The number of H-pyrrole nitrogens is 1. The summed E-state index contributed by atoms with van der Waals surface area (Å²) in [5.41, 5.74) is 5.61. The van der Waals surface area contributed by atoms with Gasteiger partial charge in [0.1, 0.15) is 34.8 Å². The molecule has 0 fully saturated rings. The van der Waals surface area contributed by atoms with Gasteiger partial charge in [0.25, 0.3) is 5.56 Å². The van der Waals surface area contributed by atoms with Crippen molar-refractivity contribution in [2.75, 3.05) is 12.8 Å². The van der Waals surface area contributed by atoms with Gasteiger partial charge in [0.2, 0.25) is 0 Å². The van der Waals surface area contributed by atoms with Gasteiger partial charge in [-0.25, -0.2) is 0 Å². The molecule has 104 valence electrons. The summed E-state index contributed by atoms with van der Waals surface area (Å²) in [4.78, 5) is 14.2. The molecule has 0 aliphatic rings. The number of halogens is 1. The van der Waals surface area contributed by atoms with Crippen LogP contribution in [0, 0.1) is 26.2 Å². The molecule has 0 aliphatic carbocycles. The minimum Gasteiger partial charge on any atom is -0.495 e. The molecule has 7 heteroatoms. The number of nitrogen functional groups attached to an aromatic ring is 1. The summed E-state index contributed by atoms with van der Waals surface area (Å²) in [6.07, 6.45) is 0. The number of para-hydroxylation sites is 1. The molecular weight excluding hydrogens is 383 g/mol. The van der Waals surface area contributed by atoms with Crippen molar-refractivity contribution < 1.29 is 4.74 Å². The summed E-state index contributed by atoms with van der Waals surface area (Å²) < 4.78 is 6.12. The van der Waals surface area contributed by atoms with Crippen LogP contribution >= 0.6 is 22.6 Å². The lowest BCUT2D eigenvalue weighted by Gasteiger charge is -2.13. The normalized spacial score (nSPS) is 9.71. The fourth-order valence-electron chi connectivity index (χ4n) is 2.03. The number of ether oxygens (including phenoxy) is 1. The van der Waals surface area contributed by atoms with Gasteiger partial charge in [-0.3, -0.25) is 4.79 Å². The zero-order chi connectivity index (χ0) is 15.6. The summed E-state index contributed by atoms with van der Waals surface area (Å²) in [6, 6.07) is 9.00. The number of aromatic amines is 1. The van der Waals surface area contributed by atoms with Crippen molar-refractivity contribution in [2.24, 2.45) is 0 Å². The summed E-state index contributed by atoms with van der Waals surface area (Å²) in [5, 5.41) is 18.5. The van der Waals surface area contributed by atoms with E-state index in [9.17, 15) is 15.3 Å². The lowest BCUT2D eigenvalue weighted by atomic mass is 9.96. The van der Waals surface area contributed by atoms with E-state index < -0.39 is 5.56 Å². The van der Waals surface area contributed by atoms with Gasteiger partial charge in [-0.2, -0.15) is 10.5 Å². The van der Waals surface area contributed by atoms with Crippen molar-refractivity contribution in [3.05, 3.63) is 43.2 Å². The number of anilines is 1. The lowest BCUT2D eigenvalue weighted by Crippen LogP contribution is -2.16. The molecule has 0 spiro atoms. The highest BCUT2D eigenvalue weighted by molar-refractivity contribution is 14.1. The third kappa shape index (κ3) is 2.43. The van der Waals surface area contributed by atoms with Gasteiger partial charge in [0.15, 0.2) is 0 Å². The number of nitriles is 2. The Bertz CT molecular complexity index is 859. The van der Waals surface area contributed by atoms with Gasteiger partial charge in [-0.15, -0.1) is 0 Å². The molecule has 1 aromatic heterocycles. The molecule has 0 unspecified atom stereocenters. The zero-order valence-corrected chi connectivity index (χ0v) is 13.1. The minimum atomic E-state index is -0.634. The Hall–Kier alpha value is -2.52. The van der Waals surface area contributed by atoms with Crippen LogP contribution in [0.5, 0.6) is 5.75 Å². The summed E-state index contributed by atoms with van der Waals surface area (Å²) >= 11 is 2.07. The Morgan fingerprint density at radius 2 is 1.95 bits per heavy atom. The van der Waals surface area contributed by atoms with Crippen LogP contribution in [0.2, 0.25) is 0 Å². The number of nitrogens with zero attached hydrogens (tertiary/aromatic N) is 2. The predicted octanol–water partition coefficient (Wildman–Crippen LogP) is 1.98. The van der Waals surface area contributed by atoms with Gasteiger partial charge in [-0.05, 0) is 28.7 Å². The van der Waals surface area contributed by atoms with Crippen molar-refractivity contribution in [3.63, 3.8) is 0 Å². The first-order chi connectivity index (χ1) is 10.0. The second kappa shape index (κ2) is 5.85. The van der Waals surface area contributed by atoms with Gasteiger partial charge < -0.3 is 15.5 Å². The van der Waals surface area contributed by atoms with Gasteiger partial charge in [-0.1, -0.05) is 12.1 Å². The standard InChI is InChI=1S/C14H9IN4O2/c1-21-12-7(3-2-4-10(12)15)11-8(5-16)13(18)19-14(20)9(11)6-17/h2-4H,1H3,(H3,18,19,20). The number of hydrogen-bond donors (Lipinski definition) is 2. The van der Waals surface area contributed by atoms with Crippen LogP contribution in [-0.2, 0) is 0 Å². The van der Waals surface area contributed by atoms with E-state index in [1.54, 1.807) is 12.1 Å². The maximum atomic E-state index is 11.9. The topological polar surface area (TPSA) is 116 Å². The Labute approximate surface area is 133 Å². The average molecular weight is 392 g/mol. The van der Waals surface area contributed by atoms with Crippen molar-refractivity contribution in [1.29, 1.82) is 10.5 Å². The molecule has 0 atom stereocenters. The molecular formula is C14H9IN4O2. The number of benzene rings is 1. The molecule has 0 amide bonds. The van der Waals surface area contributed by atoms with Crippen LogP contribution in [0.3, 0.4) is 0 Å². The fraction of sp³-hybridized carbons (Fsp3) is 0.0714. The molecule has 0 radical (unpaired) electrons. The Balaban J connectivity index is 3.01. The average Bonchev–Trinajstić information content (AvgIpc) is 2.46. The summed E-state index contributed by atoms with van der Waals surface area (Å²) in [7, 11) is 1.48. The van der Waals surface area contributed by atoms with E-state index in [4.69, 9.17) is 10.5 Å². The third-order valence-electron chi connectivity index (χ3n) is 2.91. The van der Waals surface area contributed by atoms with Gasteiger partial charge >= 0.3 is 0 Å². The molecule has 0 aliphatic heterocycles. The van der Waals surface area contributed by atoms with Crippen LogP contribution < -0.4 is 16.0 Å². The Kier molecular flexibility index (Phi) is 4.15. The number of nitrogens with two attached hydrogens (primary N) is 1. The van der Waals surface area contributed by atoms with Gasteiger partial charge in [0.05, 0.1) is 10.7 Å². The second-order valence-corrected chi connectivity index (χ2v) is 5.20. The SMILES string of the molecule is COc1c(I)cccc1-c1c(C#N)c(N)[nH]c(=O)c1C#N. The van der Waals surface area contributed by atoms with Crippen LogP contribution in [0.15, 0.2) is 23.0 Å². The molecule has 0 bridgehead atoms. The van der Waals surface area contributed by atoms with E-state index in [1.807, 2.05) is 18.2 Å². The number of aromatic nitrogens is 1. The van der Waals surface area contributed by atoms with Crippen LogP contribution in [0.4, 0.5) is 5.82 Å². The second-order valence-electron chi connectivity index (χ2n) is 4.04. The molecule has 3 N–H and O–H groups in total.